The Morgan fingerprint density at radius 3 is 2.51 bits per heavy atom. The molecule has 200 valence electrons. The lowest BCUT2D eigenvalue weighted by Crippen LogP contribution is -2.44. The largest absolute Gasteiger partial charge is 0.464 e. The molecule has 1 aliphatic rings. The molecule has 1 aromatic carbocycles. The number of carbonyl (C=O) groups is 1. The number of likely N-dealkylation sites (N-methyl/N-ethyl adjacent to an activating group) is 1. The van der Waals surface area contributed by atoms with E-state index in [0.29, 0.717) is 18.1 Å². The molecule has 1 saturated heterocycles. The number of nitrogens with one attached hydrogen (secondary N) is 1. The van der Waals surface area contributed by atoms with Gasteiger partial charge in [-0.15, -0.1) is 5.10 Å². The summed E-state index contributed by atoms with van der Waals surface area (Å²) >= 11 is 0. The lowest BCUT2D eigenvalue weighted by Gasteiger charge is -2.34. The van der Waals surface area contributed by atoms with Gasteiger partial charge >= 0.3 is 12.0 Å². The molecule has 37 heavy (non-hydrogen) atoms. The van der Waals surface area contributed by atoms with E-state index < -0.39 is 22.0 Å². The Bertz CT molecular complexity index is 1360. The number of ether oxygens (including phenoxy) is 2. The number of sulfonamides is 1. The van der Waals surface area contributed by atoms with Crippen LogP contribution in [0.3, 0.4) is 0 Å². The first kappa shape index (κ1) is 26.6. The second-order valence-corrected chi connectivity index (χ2v) is 10.6. The van der Waals surface area contributed by atoms with Crippen molar-refractivity contribution in [2.24, 2.45) is 7.05 Å². The summed E-state index contributed by atoms with van der Waals surface area (Å²) in [5, 5.41) is 8.33. The van der Waals surface area contributed by atoms with Crippen LogP contribution in [-0.2, 0) is 28.4 Å². The summed E-state index contributed by atoms with van der Waals surface area (Å²) in [7, 11) is 0.864. The average Bonchev–Trinajstić information content (AvgIpc) is 3.47. The molecule has 4 rings (SSSR count). The molecule has 12 nitrogen and oxygen atoms in total. The third-order valence-electron chi connectivity index (χ3n) is 6.42. The normalized spacial score (nSPS) is 15.5. The van der Waals surface area contributed by atoms with Gasteiger partial charge in [-0.1, -0.05) is 11.2 Å². The summed E-state index contributed by atoms with van der Waals surface area (Å²) < 4.78 is 42.6. The quantitative estimate of drug-likeness (QED) is 0.413. The summed E-state index contributed by atoms with van der Waals surface area (Å²) in [6, 6.07) is 10.1. The van der Waals surface area contributed by atoms with E-state index in [-0.39, 0.29) is 16.7 Å². The minimum absolute atomic E-state index is 0.0699. The molecule has 1 aliphatic heterocycles. The first-order chi connectivity index (χ1) is 17.6. The first-order valence-electron chi connectivity index (χ1n) is 12.1. The van der Waals surface area contributed by atoms with Crippen molar-refractivity contribution in [3.05, 3.63) is 47.9 Å². The standard InChI is InChI=1S/C24H33N7O5S/c1-6-31-22(17(2)27-37(33,34)21-11-10-20(29(21)4)23(32)35-5)25-26-24(31)36-19-9-7-8-18(16-19)30-14-12-28(3)13-15-30/h7-11,16-17,27H,6,12-15H2,1-5H3/t17-/m1/s1. The summed E-state index contributed by atoms with van der Waals surface area (Å²) in [6.45, 7) is 7.93. The Balaban J connectivity index is 1.51. The second-order valence-electron chi connectivity index (χ2n) is 8.93. The number of methoxy groups -OCH3 is 1. The number of aromatic nitrogens is 4. The molecule has 0 aliphatic carbocycles. The van der Waals surface area contributed by atoms with E-state index in [9.17, 15) is 13.2 Å². The third kappa shape index (κ3) is 5.63. The fourth-order valence-electron chi connectivity index (χ4n) is 4.32. The first-order valence-corrected chi connectivity index (χ1v) is 13.5. The van der Waals surface area contributed by atoms with E-state index in [2.05, 4.69) is 37.8 Å². The molecule has 0 spiro atoms. The topological polar surface area (TPSA) is 124 Å². The smallest absolute Gasteiger partial charge is 0.354 e. The number of benzene rings is 1. The van der Waals surface area contributed by atoms with E-state index in [4.69, 9.17) is 9.47 Å². The van der Waals surface area contributed by atoms with Crippen LogP contribution >= 0.6 is 0 Å². The van der Waals surface area contributed by atoms with E-state index >= 15 is 0 Å². The van der Waals surface area contributed by atoms with Crippen molar-refractivity contribution in [3.63, 3.8) is 0 Å². The van der Waals surface area contributed by atoms with Gasteiger partial charge in [0.1, 0.15) is 11.4 Å². The number of hydrogen-bond donors (Lipinski definition) is 1. The lowest BCUT2D eigenvalue weighted by molar-refractivity contribution is 0.0589. The van der Waals surface area contributed by atoms with Crippen LogP contribution < -0.4 is 14.4 Å². The van der Waals surface area contributed by atoms with Crippen LogP contribution in [0.1, 0.15) is 36.2 Å². The van der Waals surface area contributed by atoms with Gasteiger partial charge in [-0.25, -0.2) is 13.2 Å². The van der Waals surface area contributed by atoms with Crippen LogP contribution in [0.5, 0.6) is 11.8 Å². The van der Waals surface area contributed by atoms with E-state index in [1.807, 2.05) is 25.1 Å². The van der Waals surface area contributed by atoms with Gasteiger partial charge in [0.25, 0.3) is 10.0 Å². The second kappa shape index (κ2) is 10.9. The summed E-state index contributed by atoms with van der Waals surface area (Å²) in [6.07, 6.45) is 0. The fraction of sp³-hybridized carbons (Fsp3) is 0.458. The third-order valence-corrected chi connectivity index (χ3v) is 8.05. The number of anilines is 1. The van der Waals surface area contributed by atoms with Gasteiger partial charge < -0.3 is 23.8 Å². The van der Waals surface area contributed by atoms with Crippen molar-refractivity contribution in [1.29, 1.82) is 0 Å². The van der Waals surface area contributed by atoms with E-state index in [0.717, 1.165) is 31.9 Å². The molecule has 0 radical (unpaired) electrons. The maximum absolute atomic E-state index is 13.1. The van der Waals surface area contributed by atoms with Crippen molar-refractivity contribution >= 4 is 21.7 Å². The summed E-state index contributed by atoms with van der Waals surface area (Å²) in [5.74, 6) is 0.400. The van der Waals surface area contributed by atoms with Crippen molar-refractivity contribution < 1.29 is 22.7 Å². The molecule has 1 fully saturated rings. The monoisotopic (exact) mass is 531 g/mol. The summed E-state index contributed by atoms with van der Waals surface area (Å²) in [4.78, 5) is 16.5. The molecule has 0 saturated carbocycles. The Morgan fingerprint density at radius 1 is 1.11 bits per heavy atom. The minimum atomic E-state index is -3.98. The van der Waals surface area contributed by atoms with Gasteiger partial charge in [0.2, 0.25) is 0 Å². The van der Waals surface area contributed by atoms with Crippen LogP contribution in [0, 0.1) is 0 Å². The number of piperazine rings is 1. The van der Waals surface area contributed by atoms with Gasteiger partial charge in [-0.2, -0.15) is 4.72 Å². The van der Waals surface area contributed by atoms with Crippen LogP contribution in [0.25, 0.3) is 0 Å². The van der Waals surface area contributed by atoms with Crippen LogP contribution in [-0.4, -0.2) is 79.0 Å². The van der Waals surface area contributed by atoms with Gasteiger partial charge in [0.05, 0.1) is 13.2 Å². The van der Waals surface area contributed by atoms with Gasteiger partial charge in [-0.3, -0.25) is 4.57 Å². The molecule has 0 amide bonds. The Kier molecular flexibility index (Phi) is 7.85. The number of carbonyl (C=O) groups excluding carboxylic acids is 1. The van der Waals surface area contributed by atoms with Gasteiger partial charge in [0.15, 0.2) is 10.9 Å². The molecular weight excluding hydrogens is 498 g/mol. The molecule has 13 heteroatoms. The van der Waals surface area contributed by atoms with Crippen molar-refractivity contribution in [3.8, 4) is 11.8 Å². The lowest BCUT2D eigenvalue weighted by atomic mass is 10.2. The van der Waals surface area contributed by atoms with E-state index in [1.54, 1.807) is 11.5 Å². The zero-order valence-corrected chi connectivity index (χ0v) is 22.5. The maximum Gasteiger partial charge on any atom is 0.354 e. The van der Waals surface area contributed by atoms with Crippen molar-refractivity contribution in [2.45, 2.75) is 31.5 Å². The fourth-order valence-corrected chi connectivity index (χ4v) is 5.72. The molecule has 1 N–H and O–H groups in total. The molecule has 0 bridgehead atoms. The molecular formula is C24H33N7O5S. The van der Waals surface area contributed by atoms with Crippen molar-refractivity contribution in [1.82, 2.24) is 29.0 Å². The minimum Gasteiger partial charge on any atom is -0.464 e. The SMILES string of the molecule is CCn1c(Oc2cccc(N3CCN(C)CC3)c2)nnc1[C@@H](C)NS(=O)(=O)c1ccc(C(=O)OC)n1C. The average molecular weight is 532 g/mol. The zero-order valence-electron chi connectivity index (χ0n) is 21.7. The number of nitrogens with zero attached hydrogens (tertiary/aromatic N) is 6. The van der Waals surface area contributed by atoms with Gasteiger partial charge in [0, 0.05) is 51.5 Å². The zero-order chi connectivity index (χ0) is 26.7. The molecule has 0 unspecified atom stereocenters. The Hall–Kier alpha value is -3.42. The maximum atomic E-state index is 13.1. The highest BCUT2D eigenvalue weighted by atomic mass is 32.2. The Morgan fingerprint density at radius 2 is 1.84 bits per heavy atom. The highest BCUT2D eigenvalue weighted by molar-refractivity contribution is 7.89. The van der Waals surface area contributed by atoms with Crippen molar-refractivity contribution in [2.75, 3.05) is 45.2 Å². The Labute approximate surface area is 216 Å². The highest BCUT2D eigenvalue weighted by Crippen LogP contribution is 2.28. The highest BCUT2D eigenvalue weighted by Gasteiger charge is 2.27. The molecule has 1 atom stereocenters. The number of hydrogen-bond acceptors (Lipinski definition) is 9. The van der Waals surface area contributed by atoms with Crippen LogP contribution in [0.4, 0.5) is 5.69 Å². The number of rotatable bonds is 9. The molecule has 2 aromatic heterocycles. The van der Waals surface area contributed by atoms with Gasteiger partial charge in [-0.05, 0) is 45.2 Å². The molecule has 3 aromatic rings. The predicted molar refractivity (Wildman–Crippen MR) is 137 cm³/mol. The van der Waals surface area contributed by atoms with Crippen LogP contribution in [0.15, 0.2) is 41.4 Å². The van der Waals surface area contributed by atoms with E-state index in [1.165, 1.54) is 30.9 Å². The number of esters is 1. The van der Waals surface area contributed by atoms with Crippen LogP contribution in [0.2, 0.25) is 0 Å². The summed E-state index contributed by atoms with van der Waals surface area (Å²) in [5.41, 5.74) is 1.20. The predicted octanol–water partition coefficient (Wildman–Crippen LogP) is 2.01. The molecule has 3 heterocycles.